The van der Waals surface area contributed by atoms with Crippen molar-refractivity contribution in [2.75, 3.05) is 7.05 Å². The largest absolute Gasteiger partial charge is 0.507 e. The quantitative estimate of drug-likeness (QED) is 0.793. The van der Waals surface area contributed by atoms with E-state index < -0.39 is 6.04 Å². The molecule has 102 valence electrons. The van der Waals surface area contributed by atoms with E-state index in [1.807, 2.05) is 26.0 Å². The van der Waals surface area contributed by atoms with Crippen molar-refractivity contribution in [3.63, 3.8) is 0 Å². The third kappa shape index (κ3) is 2.61. The predicted molar refractivity (Wildman–Crippen MR) is 70.6 cm³/mol. The Labute approximate surface area is 112 Å². The smallest absolute Gasteiger partial charge is 0.246 e. The van der Waals surface area contributed by atoms with E-state index in [2.05, 4.69) is 5.32 Å². The monoisotopic (exact) mass is 262 g/mol. The summed E-state index contributed by atoms with van der Waals surface area (Å²) in [6.07, 6.45) is 0.214. The second-order valence-corrected chi connectivity index (χ2v) is 5.01. The Morgan fingerprint density at radius 2 is 1.89 bits per heavy atom. The molecular weight excluding hydrogens is 244 g/mol. The van der Waals surface area contributed by atoms with Crippen LogP contribution in [-0.4, -0.2) is 34.9 Å². The van der Waals surface area contributed by atoms with Gasteiger partial charge in [0, 0.05) is 13.6 Å². The number of nitrogens with zero attached hydrogens (tertiary/aromatic N) is 1. The number of rotatable bonds is 3. The molecule has 1 atom stereocenters. The molecule has 19 heavy (non-hydrogen) atoms. The summed E-state index contributed by atoms with van der Waals surface area (Å²) in [6.45, 7) is 4.17. The second-order valence-electron chi connectivity index (χ2n) is 5.01. The molecule has 1 aromatic carbocycles. The van der Waals surface area contributed by atoms with Gasteiger partial charge in [0.2, 0.25) is 11.8 Å². The first-order valence-corrected chi connectivity index (χ1v) is 6.23. The minimum Gasteiger partial charge on any atom is -0.507 e. The molecule has 1 aliphatic rings. The van der Waals surface area contributed by atoms with Crippen molar-refractivity contribution >= 4 is 11.8 Å². The Morgan fingerprint density at radius 1 is 1.32 bits per heavy atom. The van der Waals surface area contributed by atoms with Gasteiger partial charge in [0.15, 0.2) is 0 Å². The first-order valence-electron chi connectivity index (χ1n) is 6.23. The fourth-order valence-electron chi connectivity index (χ4n) is 2.30. The number of aryl methyl sites for hydroxylation is 2. The third-order valence-corrected chi connectivity index (χ3v) is 3.48. The summed E-state index contributed by atoms with van der Waals surface area (Å²) in [6, 6.07) is 3.31. The number of nitrogens with one attached hydrogen (secondary N) is 1. The molecule has 1 aromatic rings. The minimum atomic E-state index is -0.438. The van der Waals surface area contributed by atoms with Gasteiger partial charge < -0.3 is 10.4 Å². The molecule has 1 heterocycles. The van der Waals surface area contributed by atoms with Crippen LogP contribution in [0.1, 0.15) is 23.1 Å². The molecule has 2 rings (SSSR count). The summed E-state index contributed by atoms with van der Waals surface area (Å²) in [5.41, 5.74) is 2.60. The minimum absolute atomic E-state index is 0.152. The van der Waals surface area contributed by atoms with Crippen molar-refractivity contribution in [3.8, 4) is 5.75 Å². The van der Waals surface area contributed by atoms with Crippen LogP contribution in [0.5, 0.6) is 5.75 Å². The summed E-state index contributed by atoms with van der Waals surface area (Å²) in [4.78, 5) is 24.3. The molecule has 1 aliphatic heterocycles. The average molecular weight is 262 g/mol. The van der Waals surface area contributed by atoms with Crippen molar-refractivity contribution in [1.82, 2.24) is 10.2 Å². The summed E-state index contributed by atoms with van der Waals surface area (Å²) in [5, 5.41) is 12.8. The van der Waals surface area contributed by atoms with Crippen LogP contribution in [0.15, 0.2) is 12.1 Å². The van der Waals surface area contributed by atoms with Gasteiger partial charge >= 0.3 is 0 Å². The predicted octanol–water partition coefficient (Wildman–Crippen LogP) is 0.856. The number of carbonyl (C=O) groups excluding carboxylic acids is 2. The van der Waals surface area contributed by atoms with Crippen LogP contribution in [0.3, 0.4) is 0 Å². The molecule has 1 fully saturated rings. The molecule has 0 aromatic heterocycles. The van der Waals surface area contributed by atoms with E-state index in [1.165, 1.54) is 7.05 Å². The molecule has 0 spiro atoms. The summed E-state index contributed by atoms with van der Waals surface area (Å²) >= 11 is 0. The average Bonchev–Trinajstić information content (AvgIpc) is 2.61. The Kier molecular flexibility index (Phi) is 3.57. The van der Waals surface area contributed by atoms with Crippen LogP contribution in [0.2, 0.25) is 0 Å². The summed E-state index contributed by atoms with van der Waals surface area (Å²) < 4.78 is 0. The Bertz CT molecular complexity index is 516. The molecule has 1 unspecified atom stereocenters. The van der Waals surface area contributed by atoms with Crippen LogP contribution in [0.4, 0.5) is 0 Å². The number of aromatic hydroxyl groups is 1. The molecule has 0 aliphatic carbocycles. The van der Waals surface area contributed by atoms with E-state index in [9.17, 15) is 14.7 Å². The van der Waals surface area contributed by atoms with Gasteiger partial charge in [0.25, 0.3) is 0 Å². The topological polar surface area (TPSA) is 69.6 Å². The van der Waals surface area contributed by atoms with Gasteiger partial charge in [-0.3, -0.25) is 14.5 Å². The van der Waals surface area contributed by atoms with Crippen molar-refractivity contribution in [2.24, 2.45) is 0 Å². The lowest BCUT2D eigenvalue weighted by molar-refractivity contribution is -0.137. The number of likely N-dealkylation sites (N-methyl/N-ethyl adjacent to an activating group) is 1. The molecule has 5 heteroatoms. The Balaban J connectivity index is 2.04. The highest BCUT2D eigenvalue weighted by atomic mass is 16.3. The van der Waals surface area contributed by atoms with E-state index in [1.54, 1.807) is 0 Å². The van der Waals surface area contributed by atoms with Crippen LogP contribution >= 0.6 is 0 Å². The highest BCUT2D eigenvalue weighted by Crippen LogP contribution is 2.23. The molecule has 1 saturated heterocycles. The zero-order valence-electron chi connectivity index (χ0n) is 11.4. The van der Waals surface area contributed by atoms with Crippen molar-refractivity contribution in [1.29, 1.82) is 0 Å². The van der Waals surface area contributed by atoms with Crippen molar-refractivity contribution in [2.45, 2.75) is 32.9 Å². The van der Waals surface area contributed by atoms with Gasteiger partial charge in [-0.1, -0.05) is 12.1 Å². The lowest BCUT2D eigenvalue weighted by Crippen LogP contribution is -2.36. The van der Waals surface area contributed by atoms with Gasteiger partial charge in [-0.25, -0.2) is 0 Å². The lowest BCUT2D eigenvalue weighted by atomic mass is 10.1. The van der Waals surface area contributed by atoms with E-state index >= 15 is 0 Å². The number of phenolic OH excluding ortho intramolecular Hbond substituents is 1. The third-order valence-electron chi connectivity index (χ3n) is 3.48. The first-order chi connectivity index (χ1) is 8.90. The number of carbonyl (C=O) groups is 2. The summed E-state index contributed by atoms with van der Waals surface area (Å²) in [5.74, 6) is -0.0339. The molecule has 0 saturated carbocycles. The van der Waals surface area contributed by atoms with Crippen molar-refractivity contribution in [3.05, 3.63) is 28.8 Å². The van der Waals surface area contributed by atoms with E-state index in [0.717, 1.165) is 21.6 Å². The molecule has 0 bridgehead atoms. The highest BCUT2D eigenvalue weighted by molar-refractivity contribution is 6.05. The molecule has 0 radical (unpaired) electrons. The van der Waals surface area contributed by atoms with Gasteiger partial charge in [-0.05, 0) is 30.5 Å². The molecule has 2 amide bonds. The molecule has 5 nitrogen and oxygen atoms in total. The van der Waals surface area contributed by atoms with E-state index in [0.29, 0.717) is 12.3 Å². The number of hydrogen-bond donors (Lipinski definition) is 2. The zero-order valence-corrected chi connectivity index (χ0v) is 11.4. The van der Waals surface area contributed by atoms with Crippen LogP contribution in [-0.2, 0) is 16.1 Å². The maximum Gasteiger partial charge on any atom is 0.246 e. The van der Waals surface area contributed by atoms with Crippen LogP contribution < -0.4 is 5.32 Å². The Morgan fingerprint density at radius 3 is 2.37 bits per heavy atom. The lowest BCUT2D eigenvalue weighted by Gasteiger charge is -2.12. The molecule has 2 N–H and O–H groups in total. The normalized spacial score (nSPS) is 19.3. The number of amides is 2. The first kappa shape index (κ1) is 13.5. The fraction of sp³-hybridized carbons (Fsp3) is 0.429. The zero-order chi connectivity index (χ0) is 14.2. The maximum absolute atomic E-state index is 11.7. The number of likely N-dealkylation sites (tertiary alicyclic amines) is 1. The standard InChI is InChI=1S/C14H18N2O3/c1-8-4-10(5-9(2)13(8)18)7-15-11-6-12(17)16(3)14(11)19/h4-5,11,15,18H,6-7H2,1-3H3. The molecular formula is C14H18N2O3. The van der Waals surface area contributed by atoms with Crippen LogP contribution in [0, 0.1) is 13.8 Å². The fourth-order valence-corrected chi connectivity index (χ4v) is 2.30. The number of phenols is 1. The highest BCUT2D eigenvalue weighted by Gasteiger charge is 2.35. The number of benzene rings is 1. The van der Waals surface area contributed by atoms with Gasteiger partial charge in [0.1, 0.15) is 5.75 Å². The second kappa shape index (κ2) is 5.01. The van der Waals surface area contributed by atoms with Gasteiger partial charge in [-0.2, -0.15) is 0 Å². The maximum atomic E-state index is 11.7. The van der Waals surface area contributed by atoms with E-state index in [4.69, 9.17) is 0 Å². The van der Waals surface area contributed by atoms with E-state index in [-0.39, 0.29) is 18.2 Å². The summed E-state index contributed by atoms with van der Waals surface area (Å²) in [7, 11) is 1.50. The van der Waals surface area contributed by atoms with Crippen LogP contribution in [0.25, 0.3) is 0 Å². The Hall–Kier alpha value is -1.88. The SMILES string of the molecule is Cc1cc(CNC2CC(=O)N(C)C2=O)cc(C)c1O. The van der Waals surface area contributed by atoms with Gasteiger partial charge in [0.05, 0.1) is 12.5 Å². The van der Waals surface area contributed by atoms with Crippen molar-refractivity contribution < 1.29 is 14.7 Å². The number of hydrogen-bond acceptors (Lipinski definition) is 4. The van der Waals surface area contributed by atoms with Gasteiger partial charge in [-0.15, -0.1) is 0 Å². The number of imide groups is 1.